The summed E-state index contributed by atoms with van der Waals surface area (Å²) in [5.74, 6) is -4.24. The predicted molar refractivity (Wildman–Crippen MR) is 84.2 cm³/mol. The summed E-state index contributed by atoms with van der Waals surface area (Å²) in [5.41, 5.74) is 0. The molecule has 11 heteroatoms. The zero-order chi connectivity index (χ0) is 20.7. The van der Waals surface area contributed by atoms with Crippen LogP contribution in [0.25, 0.3) is 0 Å². The van der Waals surface area contributed by atoms with Gasteiger partial charge in [0.05, 0.1) is 6.42 Å². The Labute approximate surface area is 154 Å². The predicted octanol–water partition coefficient (Wildman–Crippen LogP) is -0.413. The van der Waals surface area contributed by atoms with Crippen LogP contribution in [0.3, 0.4) is 0 Å². The highest BCUT2D eigenvalue weighted by Crippen LogP contribution is 2.30. The second-order valence-electron chi connectivity index (χ2n) is 5.84. The molecule has 0 spiro atoms. The Morgan fingerprint density at radius 2 is 1.19 bits per heavy atom. The van der Waals surface area contributed by atoms with Crippen LogP contribution >= 0.6 is 0 Å². The highest BCUT2D eigenvalue weighted by atomic mass is 16.7. The summed E-state index contributed by atoms with van der Waals surface area (Å²) in [6.45, 7) is 4.00. The maximum atomic E-state index is 11.5. The first-order valence-electron chi connectivity index (χ1n) is 8.03. The molecule has 0 aromatic carbocycles. The molecule has 27 heavy (non-hydrogen) atoms. The van der Waals surface area contributed by atoms with E-state index >= 15 is 0 Å². The molecular formula is C16H22O11. The molecule has 152 valence electrons. The molecular weight excluding hydrogens is 368 g/mol. The number of carbonyl (C=O) groups excluding carboxylic acids is 4. The van der Waals surface area contributed by atoms with Gasteiger partial charge in [-0.15, -0.1) is 0 Å². The summed E-state index contributed by atoms with van der Waals surface area (Å²) in [6.07, 6.45) is -6.96. The van der Waals surface area contributed by atoms with Crippen molar-refractivity contribution in [1.29, 1.82) is 0 Å². The monoisotopic (exact) mass is 390 g/mol. The maximum Gasteiger partial charge on any atom is 0.306 e. The van der Waals surface area contributed by atoms with Crippen molar-refractivity contribution in [3.05, 3.63) is 0 Å². The van der Waals surface area contributed by atoms with Crippen LogP contribution in [0.1, 0.15) is 34.1 Å². The molecule has 0 amide bonds. The molecule has 0 aromatic heterocycles. The molecule has 1 aliphatic heterocycles. The fraction of sp³-hybridized carbons (Fsp3) is 0.688. The fourth-order valence-electron chi connectivity index (χ4n) is 2.65. The minimum Gasteiger partial charge on any atom is -0.481 e. The van der Waals surface area contributed by atoms with Crippen molar-refractivity contribution in [2.45, 2.75) is 64.6 Å². The third kappa shape index (κ3) is 7.21. The van der Waals surface area contributed by atoms with E-state index in [0.29, 0.717) is 0 Å². The Morgan fingerprint density at radius 3 is 1.59 bits per heavy atom. The normalized spacial score (nSPS) is 27.2. The molecule has 0 aliphatic carbocycles. The number of carboxylic acid groups (broad SMARTS) is 1. The topological polar surface area (TPSA) is 152 Å². The van der Waals surface area contributed by atoms with Gasteiger partial charge in [-0.1, -0.05) is 0 Å². The Kier molecular flexibility index (Phi) is 8.16. The van der Waals surface area contributed by atoms with E-state index in [1.165, 1.54) is 0 Å². The van der Waals surface area contributed by atoms with E-state index in [4.69, 9.17) is 28.8 Å². The summed E-state index contributed by atoms with van der Waals surface area (Å²) in [6, 6.07) is 0. The van der Waals surface area contributed by atoms with Crippen LogP contribution in [0.2, 0.25) is 0 Å². The van der Waals surface area contributed by atoms with Gasteiger partial charge in [0, 0.05) is 27.7 Å². The Hall–Kier alpha value is -2.69. The second kappa shape index (κ2) is 9.86. The zero-order valence-electron chi connectivity index (χ0n) is 15.3. The molecule has 1 heterocycles. The molecule has 5 atom stereocenters. The second-order valence-corrected chi connectivity index (χ2v) is 5.84. The van der Waals surface area contributed by atoms with E-state index in [1.54, 1.807) is 0 Å². The smallest absolute Gasteiger partial charge is 0.306 e. The molecule has 1 N–H and O–H groups in total. The van der Waals surface area contributed by atoms with Crippen LogP contribution in [-0.4, -0.2) is 72.1 Å². The van der Waals surface area contributed by atoms with Gasteiger partial charge in [-0.25, -0.2) is 0 Å². The van der Waals surface area contributed by atoms with E-state index in [9.17, 15) is 24.0 Å². The van der Waals surface area contributed by atoms with Crippen molar-refractivity contribution in [1.82, 2.24) is 0 Å². The minimum atomic E-state index is -1.35. The number of esters is 4. The molecule has 0 aromatic rings. The first kappa shape index (κ1) is 22.4. The molecule has 0 saturated carbocycles. The van der Waals surface area contributed by atoms with E-state index in [2.05, 4.69) is 0 Å². The van der Waals surface area contributed by atoms with Gasteiger partial charge in [-0.3, -0.25) is 24.0 Å². The number of carbonyl (C=O) groups is 5. The lowest BCUT2D eigenvalue weighted by Crippen LogP contribution is -2.62. The van der Waals surface area contributed by atoms with E-state index in [0.717, 1.165) is 27.7 Å². The summed E-state index contributed by atoms with van der Waals surface area (Å²) in [4.78, 5) is 56.7. The van der Waals surface area contributed by atoms with Gasteiger partial charge in [0.1, 0.15) is 18.8 Å². The van der Waals surface area contributed by atoms with Crippen LogP contribution in [0, 0.1) is 0 Å². The highest BCUT2D eigenvalue weighted by Gasteiger charge is 2.52. The van der Waals surface area contributed by atoms with Crippen molar-refractivity contribution in [3.63, 3.8) is 0 Å². The van der Waals surface area contributed by atoms with Gasteiger partial charge in [0.25, 0.3) is 0 Å². The van der Waals surface area contributed by atoms with Crippen LogP contribution < -0.4 is 0 Å². The highest BCUT2D eigenvalue weighted by molar-refractivity contribution is 5.70. The lowest BCUT2D eigenvalue weighted by atomic mass is 9.92. The number of aliphatic carboxylic acids is 1. The summed E-state index contributed by atoms with van der Waals surface area (Å²) in [5, 5.41) is 9.10. The van der Waals surface area contributed by atoms with Crippen LogP contribution in [0.15, 0.2) is 0 Å². The Morgan fingerprint density at radius 1 is 0.741 bits per heavy atom. The molecule has 0 radical (unpaired) electrons. The van der Waals surface area contributed by atoms with Gasteiger partial charge >= 0.3 is 29.8 Å². The van der Waals surface area contributed by atoms with Gasteiger partial charge < -0.3 is 28.8 Å². The standard InChI is InChI=1S/C16H22O11/c1-7(17)23-6-12-15(25-9(3)19)16(26-10(4)20)14(24-8(2)18)11(27-12)5-13(21)22/h11-12,14-16H,5-6H2,1-4H3,(H,21,22)/t11-,12+,14-,15-,16+/m0/s1. The largest absolute Gasteiger partial charge is 0.481 e. The molecule has 1 aliphatic rings. The van der Waals surface area contributed by atoms with Gasteiger partial charge in [0.2, 0.25) is 0 Å². The van der Waals surface area contributed by atoms with Crippen molar-refractivity contribution >= 4 is 29.8 Å². The first-order valence-corrected chi connectivity index (χ1v) is 8.03. The Balaban J connectivity index is 3.29. The average Bonchev–Trinajstić information content (AvgIpc) is 2.49. The first-order chi connectivity index (χ1) is 12.5. The van der Waals surface area contributed by atoms with Gasteiger partial charge in [0.15, 0.2) is 18.3 Å². The molecule has 0 unspecified atom stereocenters. The average molecular weight is 390 g/mol. The van der Waals surface area contributed by atoms with Gasteiger partial charge in [-0.2, -0.15) is 0 Å². The molecule has 1 saturated heterocycles. The lowest BCUT2D eigenvalue weighted by Gasteiger charge is -2.44. The summed E-state index contributed by atoms with van der Waals surface area (Å²) in [7, 11) is 0. The number of carboxylic acids is 1. The fourth-order valence-corrected chi connectivity index (χ4v) is 2.65. The summed E-state index contributed by atoms with van der Waals surface area (Å²) >= 11 is 0. The number of hydrogen-bond acceptors (Lipinski definition) is 10. The lowest BCUT2D eigenvalue weighted by molar-refractivity contribution is -0.253. The van der Waals surface area contributed by atoms with E-state index in [1.807, 2.05) is 0 Å². The van der Waals surface area contributed by atoms with E-state index in [-0.39, 0.29) is 0 Å². The third-order valence-corrected chi connectivity index (χ3v) is 3.46. The quantitative estimate of drug-likeness (QED) is 0.446. The van der Waals surface area contributed by atoms with Crippen molar-refractivity contribution in [2.75, 3.05) is 6.61 Å². The van der Waals surface area contributed by atoms with E-state index < -0.39 is 73.4 Å². The Bertz CT molecular complexity index is 599. The SMILES string of the molecule is CC(=O)OC[C@H]1O[C@@H](CC(=O)O)[C@H](OC(C)=O)[C@@H](OC(C)=O)[C@H]1OC(C)=O. The van der Waals surface area contributed by atoms with Crippen molar-refractivity contribution < 1.29 is 52.8 Å². The minimum absolute atomic E-state index is 0.395. The summed E-state index contributed by atoms with van der Waals surface area (Å²) < 4.78 is 25.9. The van der Waals surface area contributed by atoms with Gasteiger partial charge in [-0.05, 0) is 0 Å². The van der Waals surface area contributed by atoms with Crippen LogP contribution in [0.5, 0.6) is 0 Å². The molecule has 1 rings (SSSR count). The molecule has 1 fully saturated rings. The number of ether oxygens (including phenoxy) is 5. The third-order valence-electron chi connectivity index (χ3n) is 3.46. The zero-order valence-corrected chi connectivity index (χ0v) is 15.3. The molecule has 11 nitrogen and oxygen atoms in total. The maximum absolute atomic E-state index is 11.5. The molecule has 0 bridgehead atoms. The van der Waals surface area contributed by atoms with Crippen molar-refractivity contribution in [3.8, 4) is 0 Å². The van der Waals surface area contributed by atoms with Crippen LogP contribution in [0.4, 0.5) is 0 Å². The number of hydrogen-bond donors (Lipinski definition) is 1. The van der Waals surface area contributed by atoms with Crippen LogP contribution in [-0.2, 0) is 47.7 Å². The van der Waals surface area contributed by atoms with Crippen molar-refractivity contribution in [2.24, 2.45) is 0 Å². The number of rotatable bonds is 7.